The summed E-state index contributed by atoms with van der Waals surface area (Å²) < 4.78 is 30.4. The van der Waals surface area contributed by atoms with Crippen molar-refractivity contribution in [2.45, 2.75) is 41.6 Å². The van der Waals surface area contributed by atoms with Crippen LogP contribution in [0.15, 0.2) is 52.3 Å². The van der Waals surface area contributed by atoms with Crippen molar-refractivity contribution >= 4 is 65.8 Å². The number of benzene rings is 2. The van der Waals surface area contributed by atoms with Gasteiger partial charge in [-0.25, -0.2) is 13.4 Å². The van der Waals surface area contributed by atoms with Crippen molar-refractivity contribution in [2.24, 2.45) is 0 Å². The predicted molar refractivity (Wildman–Crippen MR) is 135 cm³/mol. The first-order valence-electron chi connectivity index (χ1n) is 10.7. The van der Waals surface area contributed by atoms with E-state index >= 15 is 0 Å². The van der Waals surface area contributed by atoms with E-state index in [1.165, 1.54) is 17.6 Å². The fourth-order valence-electron chi connectivity index (χ4n) is 3.60. The molecule has 1 atom stereocenters. The number of rotatable bonds is 9. The summed E-state index contributed by atoms with van der Waals surface area (Å²) in [6.45, 7) is 1.17. The Hall–Kier alpha value is -1.65. The minimum Gasteiger partial charge on any atom is -0.376 e. The summed E-state index contributed by atoms with van der Waals surface area (Å²) in [5.74, 6) is 0.822. The molecule has 0 aliphatic carbocycles. The first kappa shape index (κ1) is 24.5. The van der Waals surface area contributed by atoms with Gasteiger partial charge in [0.15, 0.2) is 15.0 Å². The highest BCUT2D eigenvalue weighted by Crippen LogP contribution is 2.32. The molecule has 1 aliphatic heterocycles. The molecule has 0 radical (unpaired) electrons. The van der Waals surface area contributed by atoms with Crippen LogP contribution in [0.2, 0.25) is 5.02 Å². The lowest BCUT2D eigenvalue weighted by Crippen LogP contribution is -2.37. The number of hydrogen-bond donors (Lipinski definition) is 0. The van der Waals surface area contributed by atoms with Gasteiger partial charge in [-0.3, -0.25) is 9.69 Å². The van der Waals surface area contributed by atoms with Crippen LogP contribution in [0.25, 0.3) is 10.2 Å². The molecule has 0 bridgehead atoms. The van der Waals surface area contributed by atoms with Crippen LogP contribution in [0.1, 0.15) is 25.7 Å². The Morgan fingerprint density at radius 3 is 2.76 bits per heavy atom. The van der Waals surface area contributed by atoms with Gasteiger partial charge < -0.3 is 4.74 Å². The summed E-state index contributed by atoms with van der Waals surface area (Å²) in [6.07, 6.45) is 4.22. The number of carbonyl (C=O) groups excluding carboxylic acids is 1. The van der Waals surface area contributed by atoms with Crippen molar-refractivity contribution in [3.8, 4) is 0 Å². The SMILES string of the molecule is CS(=O)(=O)c1ccc2nc(N(CC3CCCO3)C(=O)CCCSc3ccc(Cl)cc3)sc2c1. The predicted octanol–water partition coefficient (Wildman–Crippen LogP) is 5.44. The number of thiazole rings is 1. The van der Waals surface area contributed by atoms with Crippen molar-refractivity contribution in [3.63, 3.8) is 0 Å². The van der Waals surface area contributed by atoms with Crippen LogP contribution in [0.4, 0.5) is 5.13 Å². The first-order chi connectivity index (χ1) is 15.8. The molecule has 1 unspecified atom stereocenters. The summed E-state index contributed by atoms with van der Waals surface area (Å²) in [5, 5.41) is 1.29. The van der Waals surface area contributed by atoms with E-state index in [-0.39, 0.29) is 16.9 Å². The zero-order valence-electron chi connectivity index (χ0n) is 18.2. The van der Waals surface area contributed by atoms with E-state index in [1.54, 1.807) is 34.9 Å². The van der Waals surface area contributed by atoms with Crippen LogP contribution in [-0.2, 0) is 19.4 Å². The van der Waals surface area contributed by atoms with E-state index < -0.39 is 9.84 Å². The smallest absolute Gasteiger partial charge is 0.228 e. The maximum Gasteiger partial charge on any atom is 0.228 e. The van der Waals surface area contributed by atoms with E-state index in [1.807, 2.05) is 24.3 Å². The highest BCUT2D eigenvalue weighted by molar-refractivity contribution is 7.99. The highest BCUT2D eigenvalue weighted by atomic mass is 35.5. The number of halogens is 1. The zero-order chi connectivity index (χ0) is 23.4. The van der Waals surface area contributed by atoms with Crippen LogP contribution < -0.4 is 4.90 Å². The molecule has 10 heteroatoms. The van der Waals surface area contributed by atoms with E-state index in [0.717, 1.165) is 34.6 Å². The Morgan fingerprint density at radius 1 is 1.27 bits per heavy atom. The van der Waals surface area contributed by atoms with Crippen LogP contribution in [-0.4, -0.2) is 50.6 Å². The van der Waals surface area contributed by atoms with E-state index in [9.17, 15) is 13.2 Å². The summed E-state index contributed by atoms with van der Waals surface area (Å²) in [7, 11) is -3.31. The van der Waals surface area contributed by atoms with Crippen molar-refractivity contribution in [1.82, 2.24) is 4.98 Å². The lowest BCUT2D eigenvalue weighted by Gasteiger charge is -2.23. The monoisotopic (exact) mass is 524 g/mol. The summed E-state index contributed by atoms with van der Waals surface area (Å²) in [4.78, 5) is 20.9. The van der Waals surface area contributed by atoms with Crippen LogP contribution in [0.5, 0.6) is 0 Å². The number of ether oxygens (including phenoxy) is 1. The third-order valence-electron chi connectivity index (χ3n) is 5.34. The van der Waals surface area contributed by atoms with Crippen molar-refractivity contribution < 1.29 is 17.9 Å². The second-order valence-corrected chi connectivity index (χ2v) is 12.6. The summed E-state index contributed by atoms with van der Waals surface area (Å²) >= 11 is 8.97. The Morgan fingerprint density at radius 2 is 2.06 bits per heavy atom. The number of amides is 1. The molecule has 1 aromatic heterocycles. The van der Waals surface area contributed by atoms with Gasteiger partial charge in [0.25, 0.3) is 0 Å². The molecule has 4 rings (SSSR count). The number of anilines is 1. The maximum atomic E-state index is 13.2. The third-order valence-corrected chi connectivity index (χ3v) is 8.84. The molecule has 1 saturated heterocycles. The molecule has 2 aromatic carbocycles. The van der Waals surface area contributed by atoms with Gasteiger partial charge in [0.1, 0.15) is 0 Å². The van der Waals surface area contributed by atoms with Gasteiger partial charge in [0.2, 0.25) is 5.91 Å². The number of thioether (sulfide) groups is 1. The largest absolute Gasteiger partial charge is 0.376 e. The maximum absolute atomic E-state index is 13.2. The molecular weight excluding hydrogens is 500 g/mol. The normalized spacial score (nSPS) is 16.4. The van der Waals surface area contributed by atoms with Gasteiger partial charge in [-0.1, -0.05) is 22.9 Å². The van der Waals surface area contributed by atoms with Crippen molar-refractivity contribution in [2.75, 3.05) is 30.1 Å². The number of fused-ring (bicyclic) bond motifs is 1. The second kappa shape index (κ2) is 10.7. The molecular formula is C23H25ClN2O4S3. The minimum absolute atomic E-state index is 0.00372. The van der Waals surface area contributed by atoms with E-state index in [2.05, 4.69) is 4.98 Å². The molecule has 2 heterocycles. The van der Waals surface area contributed by atoms with Gasteiger partial charge in [-0.2, -0.15) is 0 Å². The third kappa shape index (κ3) is 6.48. The minimum atomic E-state index is -3.31. The highest BCUT2D eigenvalue weighted by Gasteiger charge is 2.26. The van der Waals surface area contributed by atoms with E-state index in [4.69, 9.17) is 16.3 Å². The topological polar surface area (TPSA) is 76.6 Å². The molecule has 0 saturated carbocycles. The Bertz CT molecular complexity index is 1220. The number of carbonyl (C=O) groups is 1. The van der Waals surface area contributed by atoms with Crippen LogP contribution in [0, 0.1) is 0 Å². The van der Waals surface area contributed by atoms with E-state index in [0.29, 0.717) is 35.2 Å². The Kier molecular flexibility index (Phi) is 7.96. The van der Waals surface area contributed by atoms with Crippen LogP contribution in [0.3, 0.4) is 0 Å². The van der Waals surface area contributed by atoms with Gasteiger partial charge in [0.05, 0.1) is 27.8 Å². The Balaban J connectivity index is 1.47. The van der Waals surface area contributed by atoms with Crippen molar-refractivity contribution in [3.05, 3.63) is 47.5 Å². The van der Waals surface area contributed by atoms with Crippen LogP contribution >= 0.6 is 34.7 Å². The first-order valence-corrected chi connectivity index (χ1v) is 14.8. The molecule has 6 nitrogen and oxygen atoms in total. The standard InChI is InChI=1S/C23H25ClN2O4S3/c1-33(28,29)19-10-11-20-21(14-19)32-23(25-20)26(15-17-4-2-12-30-17)22(27)5-3-13-31-18-8-6-16(24)7-9-18/h6-11,14,17H,2-5,12-13,15H2,1H3. The quantitative estimate of drug-likeness (QED) is 0.274. The number of sulfone groups is 1. The molecule has 1 aliphatic rings. The molecule has 3 aromatic rings. The Labute approximate surface area is 207 Å². The summed E-state index contributed by atoms with van der Waals surface area (Å²) in [5.41, 5.74) is 0.686. The molecule has 176 valence electrons. The molecule has 0 N–H and O–H groups in total. The second-order valence-electron chi connectivity index (χ2n) is 7.94. The number of nitrogens with zero attached hydrogens (tertiary/aromatic N) is 2. The van der Waals surface area contributed by atoms with Gasteiger partial charge >= 0.3 is 0 Å². The lowest BCUT2D eigenvalue weighted by molar-refractivity contribution is -0.119. The summed E-state index contributed by atoms with van der Waals surface area (Å²) in [6, 6.07) is 12.6. The molecule has 0 spiro atoms. The van der Waals surface area contributed by atoms with Gasteiger partial charge in [0, 0.05) is 29.2 Å². The average Bonchev–Trinajstić information content (AvgIpc) is 3.44. The fourth-order valence-corrected chi connectivity index (χ4v) is 6.33. The number of aromatic nitrogens is 1. The number of hydrogen-bond acceptors (Lipinski definition) is 7. The fraction of sp³-hybridized carbons (Fsp3) is 0.391. The molecule has 1 fully saturated rings. The molecule has 1 amide bonds. The lowest BCUT2D eigenvalue weighted by atomic mass is 10.2. The zero-order valence-corrected chi connectivity index (χ0v) is 21.4. The van der Waals surface area contributed by atoms with Gasteiger partial charge in [-0.15, -0.1) is 11.8 Å². The average molecular weight is 525 g/mol. The van der Waals surface area contributed by atoms with Crippen molar-refractivity contribution in [1.29, 1.82) is 0 Å². The molecule has 33 heavy (non-hydrogen) atoms. The van der Waals surface area contributed by atoms with Gasteiger partial charge in [-0.05, 0) is 67.5 Å².